The highest BCUT2D eigenvalue weighted by atomic mass is 16.1. The first-order valence-corrected chi connectivity index (χ1v) is 4.14. The Morgan fingerprint density at radius 3 is 2.30 bits per heavy atom. The third-order valence-corrected chi connectivity index (χ3v) is 1.81. The minimum absolute atomic E-state index is 0.623. The van der Waals surface area contributed by atoms with E-state index >= 15 is 0 Å². The van der Waals surface area contributed by atoms with Crippen LogP contribution in [0.5, 0.6) is 0 Å². The van der Waals surface area contributed by atoms with Crippen LogP contribution in [-0.4, -0.2) is 6.29 Å². The Morgan fingerprint density at radius 2 is 2.00 bits per heavy atom. The van der Waals surface area contributed by atoms with E-state index in [-0.39, 0.29) is 0 Å². The number of hydrogen-bond acceptors (Lipinski definition) is 1. The van der Waals surface area contributed by atoms with Crippen molar-refractivity contribution in [1.29, 1.82) is 0 Å². The lowest BCUT2D eigenvalue weighted by molar-refractivity contribution is -0.108. The van der Waals surface area contributed by atoms with Crippen molar-refractivity contribution in [2.75, 3.05) is 0 Å². The second kappa shape index (κ2) is 5.45. The standard InChI is InChI=1S/C9H18O/c1-4-9(5-6-10)7-8(2)3/h6,8-9H,4-5,7H2,1-3H3/t9-/m0/s1. The van der Waals surface area contributed by atoms with Gasteiger partial charge < -0.3 is 4.79 Å². The largest absolute Gasteiger partial charge is 0.303 e. The van der Waals surface area contributed by atoms with Crippen molar-refractivity contribution >= 4 is 6.29 Å². The predicted octanol–water partition coefficient (Wildman–Crippen LogP) is 2.65. The van der Waals surface area contributed by atoms with Crippen LogP contribution in [0.15, 0.2) is 0 Å². The SMILES string of the molecule is CC[C@@H](CC=O)CC(C)C. The molecule has 0 N–H and O–H groups in total. The van der Waals surface area contributed by atoms with Crippen LogP contribution >= 0.6 is 0 Å². The zero-order chi connectivity index (χ0) is 7.98. The maximum atomic E-state index is 10.2. The van der Waals surface area contributed by atoms with E-state index in [1.807, 2.05) is 0 Å². The summed E-state index contributed by atoms with van der Waals surface area (Å²) in [5.41, 5.74) is 0. The van der Waals surface area contributed by atoms with E-state index in [0.29, 0.717) is 5.92 Å². The van der Waals surface area contributed by atoms with Crippen LogP contribution in [0.4, 0.5) is 0 Å². The monoisotopic (exact) mass is 142 g/mol. The van der Waals surface area contributed by atoms with Gasteiger partial charge >= 0.3 is 0 Å². The molecule has 0 saturated carbocycles. The molecule has 0 unspecified atom stereocenters. The smallest absolute Gasteiger partial charge is 0.120 e. The van der Waals surface area contributed by atoms with Gasteiger partial charge in [0, 0.05) is 6.42 Å². The minimum atomic E-state index is 0.623. The van der Waals surface area contributed by atoms with Gasteiger partial charge in [-0.1, -0.05) is 27.2 Å². The first kappa shape index (κ1) is 9.67. The molecule has 0 saturated heterocycles. The molecule has 0 aliphatic rings. The third-order valence-electron chi connectivity index (χ3n) is 1.81. The molecule has 0 aromatic heterocycles. The molecule has 60 valence electrons. The maximum absolute atomic E-state index is 10.2. The second-order valence-corrected chi connectivity index (χ2v) is 3.31. The number of aldehydes is 1. The fraction of sp³-hybridized carbons (Fsp3) is 0.889. The molecule has 0 aliphatic heterocycles. The molecule has 0 amide bonds. The van der Waals surface area contributed by atoms with Crippen molar-refractivity contribution in [2.45, 2.75) is 40.0 Å². The summed E-state index contributed by atoms with van der Waals surface area (Å²) in [5.74, 6) is 1.35. The van der Waals surface area contributed by atoms with Crippen molar-refractivity contribution in [3.05, 3.63) is 0 Å². The highest BCUT2D eigenvalue weighted by molar-refractivity contribution is 5.49. The fourth-order valence-corrected chi connectivity index (χ4v) is 1.23. The maximum Gasteiger partial charge on any atom is 0.120 e. The Kier molecular flexibility index (Phi) is 5.27. The summed E-state index contributed by atoms with van der Waals surface area (Å²) < 4.78 is 0. The Labute approximate surface area is 63.8 Å². The quantitative estimate of drug-likeness (QED) is 0.539. The molecule has 0 rings (SSSR count). The molecule has 0 spiro atoms. The molecule has 0 fully saturated rings. The summed E-state index contributed by atoms with van der Waals surface area (Å²) >= 11 is 0. The number of carbonyl (C=O) groups is 1. The molecule has 1 atom stereocenters. The molecule has 0 radical (unpaired) electrons. The predicted molar refractivity (Wildman–Crippen MR) is 43.9 cm³/mol. The van der Waals surface area contributed by atoms with E-state index in [0.717, 1.165) is 25.0 Å². The molecule has 0 bridgehead atoms. The van der Waals surface area contributed by atoms with Gasteiger partial charge in [0.2, 0.25) is 0 Å². The van der Waals surface area contributed by atoms with Crippen LogP contribution < -0.4 is 0 Å². The molecule has 0 aliphatic carbocycles. The van der Waals surface area contributed by atoms with Gasteiger partial charge in [-0.05, 0) is 18.3 Å². The van der Waals surface area contributed by atoms with Gasteiger partial charge in [-0.2, -0.15) is 0 Å². The summed E-state index contributed by atoms with van der Waals surface area (Å²) in [6.07, 6.45) is 4.11. The molecule has 1 heteroatoms. The lowest BCUT2D eigenvalue weighted by atomic mass is 9.93. The first-order valence-electron chi connectivity index (χ1n) is 4.14. The van der Waals surface area contributed by atoms with Crippen LogP contribution in [-0.2, 0) is 4.79 Å². The average molecular weight is 142 g/mol. The normalized spacial score (nSPS) is 13.6. The molecule has 10 heavy (non-hydrogen) atoms. The summed E-state index contributed by atoms with van der Waals surface area (Å²) in [7, 11) is 0. The zero-order valence-electron chi connectivity index (χ0n) is 7.26. The van der Waals surface area contributed by atoms with Crippen molar-refractivity contribution in [3.8, 4) is 0 Å². The Morgan fingerprint density at radius 1 is 1.40 bits per heavy atom. The Hall–Kier alpha value is -0.330. The van der Waals surface area contributed by atoms with E-state index in [9.17, 15) is 4.79 Å². The van der Waals surface area contributed by atoms with E-state index in [4.69, 9.17) is 0 Å². The summed E-state index contributed by atoms with van der Waals surface area (Å²) in [6, 6.07) is 0. The van der Waals surface area contributed by atoms with E-state index in [2.05, 4.69) is 20.8 Å². The Bertz CT molecular complexity index is 86.7. The van der Waals surface area contributed by atoms with E-state index < -0.39 is 0 Å². The Balaban J connectivity index is 3.48. The van der Waals surface area contributed by atoms with Gasteiger partial charge in [-0.3, -0.25) is 0 Å². The molecule has 0 aromatic rings. The number of carbonyl (C=O) groups excluding carboxylic acids is 1. The first-order chi connectivity index (χ1) is 4.70. The summed E-state index contributed by atoms with van der Waals surface area (Å²) in [6.45, 7) is 6.55. The summed E-state index contributed by atoms with van der Waals surface area (Å²) in [5, 5.41) is 0. The van der Waals surface area contributed by atoms with Gasteiger partial charge in [-0.15, -0.1) is 0 Å². The highest BCUT2D eigenvalue weighted by Gasteiger charge is 2.06. The molecule has 1 nitrogen and oxygen atoms in total. The van der Waals surface area contributed by atoms with Gasteiger partial charge in [0.1, 0.15) is 6.29 Å². The molecule has 0 heterocycles. The third kappa shape index (κ3) is 4.54. The number of hydrogen-bond donors (Lipinski definition) is 0. The number of rotatable bonds is 5. The van der Waals surface area contributed by atoms with Crippen LogP contribution in [0.2, 0.25) is 0 Å². The van der Waals surface area contributed by atoms with E-state index in [1.54, 1.807) is 0 Å². The van der Waals surface area contributed by atoms with E-state index in [1.165, 1.54) is 6.42 Å². The van der Waals surface area contributed by atoms with Crippen molar-refractivity contribution < 1.29 is 4.79 Å². The summed E-state index contributed by atoms with van der Waals surface area (Å²) in [4.78, 5) is 10.2. The second-order valence-electron chi connectivity index (χ2n) is 3.31. The van der Waals surface area contributed by atoms with Crippen LogP contribution in [0.3, 0.4) is 0 Å². The van der Waals surface area contributed by atoms with Crippen LogP contribution in [0.1, 0.15) is 40.0 Å². The average Bonchev–Trinajstić information content (AvgIpc) is 1.86. The van der Waals surface area contributed by atoms with Crippen molar-refractivity contribution in [3.63, 3.8) is 0 Å². The zero-order valence-corrected chi connectivity index (χ0v) is 7.26. The van der Waals surface area contributed by atoms with Gasteiger partial charge in [0.25, 0.3) is 0 Å². The topological polar surface area (TPSA) is 17.1 Å². The lowest BCUT2D eigenvalue weighted by Crippen LogP contribution is -2.03. The lowest BCUT2D eigenvalue weighted by Gasteiger charge is -2.13. The van der Waals surface area contributed by atoms with Crippen molar-refractivity contribution in [2.24, 2.45) is 11.8 Å². The minimum Gasteiger partial charge on any atom is -0.303 e. The molecular weight excluding hydrogens is 124 g/mol. The molecule has 0 aromatic carbocycles. The fourth-order valence-electron chi connectivity index (χ4n) is 1.23. The van der Waals surface area contributed by atoms with Crippen LogP contribution in [0.25, 0.3) is 0 Å². The van der Waals surface area contributed by atoms with Gasteiger partial charge in [-0.25, -0.2) is 0 Å². The molecular formula is C9H18O. The van der Waals surface area contributed by atoms with Crippen molar-refractivity contribution in [1.82, 2.24) is 0 Å². The van der Waals surface area contributed by atoms with Gasteiger partial charge in [0.15, 0.2) is 0 Å². The van der Waals surface area contributed by atoms with Gasteiger partial charge in [0.05, 0.1) is 0 Å². The highest BCUT2D eigenvalue weighted by Crippen LogP contribution is 2.16. The van der Waals surface area contributed by atoms with Crippen LogP contribution in [0, 0.1) is 11.8 Å².